The Morgan fingerprint density at radius 3 is 2.57 bits per heavy atom. The fraction of sp³-hybridized carbons (Fsp3) is 0.188. The average molecular weight is 308 g/mol. The molecule has 0 aliphatic carbocycles. The number of para-hydroxylation sites is 1. The van der Waals surface area contributed by atoms with Gasteiger partial charge in [0.25, 0.3) is 5.91 Å². The number of carbonyl (C=O) groups excluding carboxylic acids is 1. The van der Waals surface area contributed by atoms with Crippen LogP contribution in [-0.2, 0) is 11.2 Å². The van der Waals surface area contributed by atoms with Crippen LogP contribution in [0.3, 0.4) is 0 Å². The van der Waals surface area contributed by atoms with E-state index in [4.69, 9.17) is 16.3 Å². The molecule has 0 heterocycles. The van der Waals surface area contributed by atoms with Crippen LogP contribution in [0.1, 0.15) is 5.56 Å². The zero-order valence-electron chi connectivity index (χ0n) is 11.3. The second kappa shape index (κ2) is 7.64. The van der Waals surface area contributed by atoms with E-state index in [2.05, 4.69) is 5.32 Å². The molecular weight excluding hydrogens is 293 g/mol. The first kappa shape index (κ1) is 15.3. The van der Waals surface area contributed by atoms with Crippen LogP contribution in [0, 0.1) is 5.82 Å². The third-order valence-electron chi connectivity index (χ3n) is 2.84. The zero-order chi connectivity index (χ0) is 15.1. The largest absolute Gasteiger partial charge is 0.481 e. The number of carbonyl (C=O) groups is 1. The molecule has 0 aliphatic heterocycles. The molecule has 0 atom stereocenters. The molecule has 3 nitrogen and oxygen atoms in total. The van der Waals surface area contributed by atoms with Crippen molar-refractivity contribution in [2.24, 2.45) is 0 Å². The van der Waals surface area contributed by atoms with Crippen LogP contribution in [0.25, 0.3) is 0 Å². The minimum atomic E-state index is -0.480. The van der Waals surface area contributed by atoms with Gasteiger partial charge in [-0.15, -0.1) is 0 Å². The quantitative estimate of drug-likeness (QED) is 0.890. The Labute approximate surface area is 127 Å². The van der Waals surface area contributed by atoms with E-state index in [1.807, 2.05) is 12.1 Å². The van der Waals surface area contributed by atoms with Crippen molar-refractivity contribution in [2.75, 3.05) is 13.2 Å². The lowest BCUT2D eigenvalue weighted by molar-refractivity contribution is -0.123. The number of hydrogen-bond donors (Lipinski definition) is 1. The van der Waals surface area contributed by atoms with Gasteiger partial charge in [-0.1, -0.05) is 35.9 Å². The maximum Gasteiger partial charge on any atom is 0.257 e. The monoisotopic (exact) mass is 307 g/mol. The van der Waals surface area contributed by atoms with Crippen molar-refractivity contribution in [1.82, 2.24) is 5.32 Å². The smallest absolute Gasteiger partial charge is 0.257 e. The summed E-state index contributed by atoms with van der Waals surface area (Å²) in [4.78, 5) is 11.6. The summed E-state index contributed by atoms with van der Waals surface area (Å²) in [6, 6.07) is 13.4. The van der Waals surface area contributed by atoms with E-state index in [0.717, 1.165) is 5.56 Å². The van der Waals surface area contributed by atoms with Gasteiger partial charge in [-0.3, -0.25) is 4.79 Å². The Kier molecular flexibility index (Phi) is 5.58. The van der Waals surface area contributed by atoms with E-state index in [0.29, 0.717) is 18.0 Å². The van der Waals surface area contributed by atoms with E-state index in [-0.39, 0.29) is 18.3 Å². The van der Waals surface area contributed by atoms with Crippen LogP contribution in [0.4, 0.5) is 4.39 Å². The number of hydrogen-bond acceptors (Lipinski definition) is 2. The summed E-state index contributed by atoms with van der Waals surface area (Å²) >= 11 is 5.79. The number of nitrogens with one attached hydrogen (secondary N) is 1. The van der Waals surface area contributed by atoms with Gasteiger partial charge in [-0.05, 0) is 36.2 Å². The molecule has 0 aromatic heterocycles. The van der Waals surface area contributed by atoms with Crippen molar-refractivity contribution in [3.8, 4) is 5.75 Å². The first-order valence-corrected chi connectivity index (χ1v) is 6.91. The van der Waals surface area contributed by atoms with E-state index >= 15 is 0 Å². The van der Waals surface area contributed by atoms with Crippen molar-refractivity contribution < 1.29 is 13.9 Å². The second-order valence-corrected chi connectivity index (χ2v) is 4.88. The first-order chi connectivity index (χ1) is 10.1. The molecule has 2 aromatic rings. The van der Waals surface area contributed by atoms with E-state index in [1.165, 1.54) is 12.1 Å². The van der Waals surface area contributed by atoms with Gasteiger partial charge in [0.2, 0.25) is 0 Å². The zero-order valence-corrected chi connectivity index (χ0v) is 12.1. The van der Waals surface area contributed by atoms with Gasteiger partial charge in [0, 0.05) is 11.6 Å². The summed E-state index contributed by atoms with van der Waals surface area (Å²) in [5.74, 6) is -0.691. The van der Waals surface area contributed by atoms with Gasteiger partial charge >= 0.3 is 0 Å². The van der Waals surface area contributed by atoms with Gasteiger partial charge in [-0.25, -0.2) is 4.39 Å². The van der Waals surface area contributed by atoms with Crippen molar-refractivity contribution >= 4 is 17.5 Å². The molecule has 0 spiro atoms. The van der Waals surface area contributed by atoms with E-state index in [1.54, 1.807) is 24.3 Å². The molecule has 21 heavy (non-hydrogen) atoms. The predicted molar refractivity (Wildman–Crippen MR) is 80.1 cm³/mol. The molecular formula is C16H15ClFNO2. The molecule has 0 saturated heterocycles. The number of ether oxygens (including phenoxy) is 1. The lowest BCUT2D eigenvalue weighted by Crippen LogP contribution is -2.30. The maximum atomic E-state index is 13.3. The van der Waals surface area contributed by atoms with Crippen LogP contribution < -0.4 is 10.1 Å². The first-order valence-electron chi connectivity index (χ1n) is 6.53. The van der Waals surface area contributed by atoms with Crippen molar-refractivity contribution in [2.45, 2.75) is 6.42 Å². The lowest BCUT2D eigenvalue weighted by Gasteiger charge is -2.08. The highest BCUT2D eigenvalue weighted by Crippen LogP contribution is 2.14. The molecule has 0 bridgehead atoms. The van der Waals surface area contributed by atoms with Crippen molar-refractivity contribution in [1.29, 1.82) is 0 Å². The maximum absolute atomic E-state index is 13.3. The molecule has 0 saturated carbocycles. The van der Waals surface area contributed by atoms with E-state index in [9.17, 15) is 9.18 Å². The normalized spacial score (nSPS) is 10.2. The molecule has 5 heteroatoms. The molecule has 0 fully saturated rings. The highest BCUT2D eigenvalue weighted by molar-refractivity contribution is 6.30. The Balaban J connectivity index is 1.70. The Hall–Kier alpha value is -2.07. The highest BCUT2D eigenvalue weighted by Gasteiger charge is 2.05. The summed E-state index contributed by atoms with van der Waals surface area (Å²) < 4.78 is 18.4. The second-order valence-electron chi connectivity index (χ2n) is 4.45. The van der Waals surface area contributed by atoms with Gasteiger partial charge < -0.3 is 10.1 Å². The molecule has 1 N–H and O–H groups in total. The molecule has 2 rings (SSSR count). The molecule has 0 radical (unpaired) electrons. The minimum absolute atomic E-state index is 0.0744. The third kappa shape index (κ3) is 5.08. The lowest BCUT2D eigenvalue weighted by atomic mass is 10.1. The topological polar surface area (TPSA) is 38.3 Å². The van der Waals surface area contributed by atoms with Crippen molar-refractivity contribution in [3.05, 3.63) is 64.9 Å². The molecule has 1 amide bonds. The van der Waals surface area contributed by atoms with Crippen LogP contribution in [-0.4, -0.2) is 19.1 Å². The third-order valence-corrected chi connectivity index (χ3v) is 3.10. The van der Waals surface area contributed by atoms with Crippen LogP contribution >= 0.6 is 11.6 Å². The van der Waals surface area contributed by atoms with Crippen LogP contribution in [0.15, 0.2) is 48.5 Å². The summed E-state index contributed by atoms with van der Waals surface area (Å²) in [5.41, 5.74) is 1.08. The fourth-order valence-corrected chi connectivity index (χ4v) is 1.88. The number of benzene rings is 2. The molecule has 110 valence electrons. The average Bonchev–Trinajstić information content (AvgIpc) is 2.48. The van der Waals surface area contributed by atoms with Gasteiger partial charge in [0.1, 0.15) is 0 Å². The Morgan fingerprint density at radius 1 is 1.14 bits per heavy atom. The highest BCUT2D eigenvalue weighted by atomic mass is 35.5. The van der Waals surface area contributed by atoms with Gasteiger partial charge in [-0.2, -0.15) is 0 Å². The SMILES string of the molecule is O=C(COc1ccccc1F)NCCc1ccc(Cl)cc1. The van der Waals surface area contributed by atoms with Gasteiger partial charge in [0.15, 0.2) is 18.2 Å². The summed E-state index contributed by atoms with van der Waals surface area (Å²) in [6.07, 6.45) is 0.697. The molecule has 0 aliphatic rings. The summed E-state index contributed by atoms with van der Waals surface area (Å²) in [6.45, 7) is 0.280. The van der Waals surface area contributed by atoms with E-state index < -0.39 is 5.82 Å². The van der Waals surface area contributed by atoms with Gasteiger partial charge in [0.05, 0.1) is 0 Å². The summed E-state index contributed by atoms with van der Waals surface area (Å²) in [7, 11) is 0. The predicted octanol–water partition coefficient (Wildman–Crippen LogP) is 3.22. The molecule has 0 unspecified atom stereocenters. The van der Waals surface area contributed by atoms with Crippen molar-refractivity contribution in [3.63, 3.8) is 0 Å². The standard InChI is InChI=1S/C16H15ClFNO2/c17-13-7-5-12(6-8-13)9-10-19-16(20)11-21-15-4-2-1-3-14(15)18/h1-8H,9-11H2,(H,19,20). The fourth-order valence-electron chi connectivity index (χ4n) is 1.75. The van der Waals surface area contributed by atoms with Crippen LogP contribution in [0.2, 0.25) is 5.02 Å². The number of amides is 1. The van der Waals surface area contributed by atoms with Crippen LogP contribution in [0.5, 0.6) is 5.75 Å². The Bertz CT molecular complexity index is 601. The molecule has 2 aromatic carbocycles. The minimum Gasteiger partial charge on any atom is -0.481 e. The Morgan fingerprint density at radius 2 is 1.86 bits per heavy atom. The number of halogens is 2. The summed E-state index contributed by atoms with van der Waals surface area (Å²) in [5, 5.41) is 3.40. The number of rotatable bonds is 6.